The second-order valence-corrected chi connectivity index (χ2v) is 3.14. The Balaban J connectivity index is 0. The maximum absolute atomic E-state index is 5.57. The van der Waals surface area contributed by atoms with Crippen LogP contribution in [0.25, 0.3) is 0 Å². The summed E-state index contributed by atoms with van der Waals surface area (Å²) in [5.74, 6) is 0. The van der Waals surface area contributed by atoms with Crippen molar-refractivity contribution in [3.8, 4) is 0 Å². The summed E-state index contributed by atoms with van der Waals surface area (Å²) in [5, 5.41) is 3.69. The van der Waals surface area contributed by atoms with Crippen molar-refractivity contribution in [2.45, 2.75) is 20.1 Å². The summed E-state index contributed by atoms with van der Waals surface area (Å²) in [5.41, 5.74) is 5.57. The van der Waals surface area contributed by atoms with Crippen molar-refractivity contribution in [2.24, 2.45) is 5.73 Å². The van der Waals surface area contributed by atoms with Crippen LogP contribution in [0.5, 0.6) is 0 Å². The Morgan fingerprint density at radius 2 is 1.86 bits per heavy atom. The lowest BCUT2D eigenvalue weighted by atomic mass is 10.6. The summed E-state index contributed by atoms with van der Waals surface area (Å²) in [7, 11) is 0. The minimum atomic E-state index is -0.208. The lowest BCUT2D eigenvalue weighted by Gasteiger charge is -2.15. The third kappa shape index (κ3) is 8.80. The molecule has 0 amide bonds. The highest BCUT2D eigenvalue weighted by Gasteiger charge is 2.09. The molecule has 0 spiro atoms. The fraction of sp³-hybridized carbons (Fsp3) is 0.875. The van der Waals surface area contributed by atoms with Crippen LogP contribution in [0.2, 0.25) is 0 Å². The van der Waals surface area contributed by atoms with Gasteiger partial charge in [-0.05, 0) is 13.8 Å². The summed E-state index contributed by atoms with van der Waals surface area (Å²) in [4.78, 5) is 0. The van der Waals surface area contributed by atoms with Crippen molar-refractivity contribution in [1.82, 2.24) is 5.32 Å². The van der Waals surface area contributed by atoms with Gasteiger partial charge in [-0.15, -0.1) is 0 Å². The zero-order chi connectivity index (χ0) is 10.1. The average Bonchev–Trinajstić information content (AvgIpc) is 2.14. The Morgan fingerprint density at radius 3 is 2.21 bits per heavy atom. The molecule has 0 atom stereocenters. The van der Waals surface area contributed by atoms with Gasteiger partial charge in [0, 0.05) is 13.2 Å². The van der Waals surface area contributed by atoms with Gasteiger partial charge in [-0.3, -0.25) is 0 Å². The molecule has 14 heavy (non-hydrogen) atoms. The number of hydrogen-bond donors (Lipinski definition) is 2. The van der Waals surface area contributed by atoms with Gasteiger partial charge in [-0.1, -0.05) is 0 Å². The molecule has 0 aromatic heterocycles. The normalized spacial score (nSPS) is 11.6. The molecule has 0 aliphatic carbocycles. The molecule has 0 fully saturated rings. The molecule has 0 aliphatic heterocycles. The first-order chi connectivity index (χ1) is 6.24. The van der Waals surface area contributed by atoms with Gasteiger partial charge in [0.05, 0.1) is 6.54 Å². The third-order valence-electron chi connectivity index (χ3n) is 1.37. The highest BCUT2D eigenvalue weighted by Crippen LogP contribution is 1.92. The SMILES string of the molecule is CCOC(CN/C(N)=[S+]/C)OCC.[Cl-]. The van der Waals surface area contributed by atoms with E-state index < -0.39 is 0 Å². The van der Waals surface area contributed by atoms with Gasteiger partial charge in [0.2, 0.25) is 11.4 Å². The fourth-order valence-electron chi connectivity index (χ4n) is 0.794. The Bertz CT molecular complexity index is 152. The number of nitrogens with two attached hydrogens (primary N) is 1. The van der Waals surface area contributed by atoms with E-state index >= 15 is 0 Å². The monoisotopic (exact) mass is 242 g/mol. The molecular weight excluding hydrogens is 224 g/mol. The number of nitrogens with one attached hydrogen (secondary N) is 1. The quantitative estimate of drug-likeness (QED) is 0.292. The van der Waals surface area contributed by atoms with Crippen LogP contribution in [0.1, 0.15) is 13.8 Å². The van der Waals surface area contributed by atoms with E-state index in [1.54, 1.807) is 0 Å². The van der Waals surface area contributed by atoms with Gasteiger partial charge in [-0.25, -0.2) is 11.1 Å². The van der Waals surface area contributed by atoms with Crippen molar-refractivity contribution in [2.75, 3.05) is 26.0 Å². The standard InChI is InChI=1S/C8H19N2O2S.ClH/c1-4-11-7(12-5-2)6-10-8(9)13-3;/h7,10H,4-6,9H2,1-3H3;1H/q+1;/p-1. The van der Waals surface area contributed by atoms with Crippen molar-refractivity contribution < 1.29 is 21.9 Å². The second kappa shape index (κ2) is 11.3. The van der Waals surface area contributed by atoms with E-state index in [4.69, 9.17) is 15.2 Å². The zero-order valence-electron chi connectivity index (χ0n) is 8.88. The molecule has 6 heteroatoms. The molecule has 0 unspecified atom stereocenters. The van der Waals surface area contributed by atoms with E-state index in [-0.39, 0.29) is 18.7 Å². The van der Waals surface area contributed by atoms with Crippen molar-refractivity contribution in [1.29, 1.82) is 0 Å². The van der Waals surface area contributed by atoms with Gasteiger partial charge in [-0.2, -0.15) is 0 Å². The number of halogens is 1. The molecular formula is C8H19ClN2O2S. The number of ether oxygens (including phenoxy) is 2. The second-order valence-electron chi connectivity index (χ2n) is 2.29. The van der Waals surface area contributed by atoms with Crippen LogP contribution in [0.15, 0.2) is 0 Å². The lowest BCUT2D eigenvalue weighted by molar-refractivity contribution is -0.130. The van der Waals surface area contributed by atoms with Crippen molar-refractivity contribution in [3.05, 3.63) is 0 Å². The Morgan fingerprint density at radius 1 is 1.36 bits per heavy atom. The maximum Gasteiger partial charge on any atom is 0.317 e. The summed E-state index contributed by atoms with van der Waals surface area (Å²) < 4.78 is 10.6. The van der Waals surface area contributed by atoms with Crippen LogP contribution < -0.4 is 23.5 Å². The fourth-order valence-corrected chi connectivity index (χ4v) is 1.02. The molecule has 0 saturated heterocycles. The number of rotatable bonds is 6. The summed E-state index contributed by atoms with van der Waals surface area (Å²) in [6.45, 7) is 5.76. The zero-order valence-corrected chi connectivity index (χ0v) is 10.5. The van der Waals surface area contributed by atoms with E-state index in [9.17, 15) is 0 Å². The highest BCUT2D eigenvalue weighted by atomic mass is 35.5. The van der Waals surface area contributed by atoms with Gasteiger partial charge >= 0.3 is 5.11 Å². The van der Waals surface area contributed by atoms with Crippen LogP contribution in [0, 0.1) is 0 Å². The maximum atomic E-state index is 5.57. The van der Waals surface area contributed by atoms with E-state index in [1.807, 2.05) is 20.1 Å². The molecule has 0 bridgehead atoms. The lowest BCUT2D eigenvalue weighted by Crippen LogP contribution is -3.00. The molecule has 0 radical (unpaired) electrons. The largest absolute Gasteiger partial charge is 1.00 e. The predicted octanol–water partition coefficient (Wildman–Crippen LogP) is -3.26. The molecule has 0 aliphatic rings. The van der Waals surface area contributed by atoms with Crippen LogP contribution in [0.4, 0.5) is 0 Å². The Kier molecular flexibility index (Phi) is 13.4. The van der Waals surface area contributed by atoms with E-state index in [2.05, 4.69) is 5.32 Å². The van der Waals surface area contributed by atoms with Crippen molar-refractivity contribution in [3.63, 3.8) is 0 Å². The topological polar surface area (TPSA) is 56.5 Å². The molecule has 0 rings (SSSR count). The number of hydrogen-bond acceptors (Lipinski definition) is 2. The first-order valence-corrected chi connectivity index (χ1v) is 5.60. The molecule has 3 N–H and O–H groups in total. The van der Waals surface area contributed by atoms with Crippen molar-refractivity contribution >= 4 is 16.5 Å². The molecule has 4 nitrogen and oxygen atoms in total. The van der Waals surface area contributed by atoms with Gasteiger partial charge in [0.1, 0.15) is 0 Å². The Hall–Kier alpha value is 0.220. The van der Waals surface area contributed by atoms with E-state index in [1.165, 1.54) is 11.4 Å². The average molecular weight is 243 g/mol. The molecule has 0 aromatic rings. The molecule has 0 aromatic carbocycles. The summed E-state index contributed by atoms with van der Waals surface area (Å²) in [6, 6.07) is 0. The molecule has 86 valence electrons. The molecule has 0 saturated carbocycles. The van der Waals surface area contributed by atoms with Crippen LogP contribution in [-0.4, -0.2) is 37.4 Å². The smallest absolute Gasteiger partial charge is 0.317 e. The van der Waals surface area contributed by atoms with E-state index in [0.29, 0.717) is 24.9 Å². The predicted molar refractivity (Wildman–Crippen MR) is 57.5 cm³/mol. The van der Waals surface area contributed by atoms with E-state index in [0.717, 1.165) is 0 Å². The van der Waals surface area contributed by atoms with Gasteiger partial charge < -0.3 is 21.9 Å². The Labute approximate surface area is 95.9 Å². The minimum Gasteiger partial charge on any atom is -1.00 e. The van der Waals surface area contributed by atoms with Crippen LogP contribution in [-0.2, 0) is 20.8 Å². The van der Waals surface area contributed by atoms with Crippen LogP contribution >= 0.6 is 0 Å². The van der Waals surface area contributed by atoms with Gasteiger partial charge in [0.15, 0.2) is 12.5 Å². The molecule has 0 heterocycles. The van der Waals surface area contributed by atoms with Crippen LogP contribution in [0.3, 0.4) is 0 Å². The van der Waals surface area contributed by atoms with Gasteiger partial charge in [0.25, 0.3) is 0 Å². The minimum absolute atomic E-state index is 0. The third-order valence-corrected chi connectivity index (χ3v) is 1.95. The first-order valence-electron chi connectivity index (χ1n) is 4.38. The summed E-state index contributed by atoms with van der Waals surface area (Å²) in [6.07, 6.45) is 1.71. The summed E-state index contributed by atoms with van der Waals surface area (Å²) >= 11 is 1.48. The first kappa shape index (κ1) is 16.6. The highest BCUT2D eigenvalue weighted by molar-refractivity contribution is 7.77.